The highest BCUT2D eigenvalue weighted by Crippen LogP contribution is 2.46. The van der Waals surface area contributed by atoms with Gasteiger partial charge in [0.2, 0.25) is 5.91 Å². The van der Waals surface area contributed by atoms with Gasteiger partial charge in [-0.15, -0.1) is 24.0 Å². The van der Waals surface area contributed by atoms with E-state index in [1.807, 2.05) is 0 Å². The van der Waals surface area contributed by atoms with Crippen molar-refractivity contribution in [3.63, 3.8) is 0 Å². The Bertz CT molecular complexity index is 575. The van der Waals surface area contributed by atoms with Gasteiger partial charge >= 0.3 is 0 Å². The number of aliphatic imine (C=N–C) groups is 1. The van der Waals surface area contributed by atoms with Crippen LogP contribution in [0.1, 0.15) is 32.1 Å². The van der Waals surface area contributed by atoms with Gasteiger partial charge in [0, 0.05) is 44.8 Å². The predicted molar refractivity (Wildman–Crippen MR) is 106 cm³/mol. The maximum atomic E-state index is 11.5. The number of piperidine rings is 1. The van der Waals surface area contributed by atoms with Crippen LogP contribution in [0.5, 0.6) is 0 Å². The minimum Gasteiger partial charge on any atom is -0.370 e. The molecule has 1 saturated heterocycles. The molecule has 2 fully saturated rings. The van der Waals surface area contributed by atoms with Gasteiger partial charge in [-0.1, -0.05) is 0 Å². The molecule has 24 heavy (non-hydrogen) atoms. The molecule has 9 heteroatoms. The van der Waals surface area contributed by atoms with E-state index in [1.54, 1.807) is 7.05 Å². The van der Waals surface area contributed by atoms with Gasteiger partial charge in [0.1, 0.15) is 9.84 Å². The average molecular weight is 472 g/mol. The molecule has 1 heterocycles. The molecule has 0 radical (unpaired) electrons. The van der Waals surface area contributed by atoms with E-state index in [1.165, 1.54) is 6.26 Å². The maximum absolute atomic E-state index is 11.5. The fraction of sp³-hybridized carbons (Fsp3) is 0.867. The summed E-state index contributed by atoms with van der Waals surface area (Å²) in [6, 6.07) is 0. The van der Waals surface area contributed by atoms with Crippen molar-refractivity contribution in [1.29, 1.82) is 0 Å². The van der Waals surface area contributed by atoms with Gasteiger partial charge in [0.05, 0.1) is 5.75 Å². The molecule has 0 spiro atoms. The van der Waals surface area contributed by atoms with Crippen molar-refractivity contribution in [2.75, 3.05) is 38.7 Å². The number of hydrogen-bond donors (Lipinski definition) is 2. The lowest BCUT2D eigenvalue weighted by atomic mass is 9.95. The number of carbonyl (C=O) groups is 1. The molecule has 0 aromatic heterocycles. The number of amides is 1. The minimum atomic E-state index is -2.97. The lowest BCUT2D eigenvalue weighted by molar-refractivity contribution is -0.119. The van der Waals surface area contributed by atoms with E-state index in [0.29, 0.717) is 13.0 Å². The van der Waals surface area contributed by atoms with Crippen molar-refractivity contribution in [2.24, 2.45) is 22.1 Å². The first-order chi connectivity index (χ1) is 10.7. The van der Waals surface area contributed by atoms with Crippen LogP contribution in [-0.2, 0) is 14.6 Å². The number of halogens is 1. The van der Waals surface area contributed by atoms with Crippen LogP contribution in [0.15, 0.2) is 4.99 Å². The zero-order valence-electron chi connectivity index (χ0n) is 14.5. The van der Waals surface area contributed by atoms with Crippen LogP contribution in [0, 0.1) is 11.3 Å². The number of sulfone groups is 1. The molecule has 1 amide bonds. The third kappa shape index (κ3) is 6.73. The normalized spacial score (nSPS) is 23.3. The molecule has 2 aliphatic rings. The smallest absolute Gasteiger partial charge is 0.217 e. The summed E-state index contributed by atoms with van der Waals surface area (Å²) in [4.78, 5) is 17.6. The topological polar surface area (TPSA) is 105 Å². The van der Waals surface area contributed by atoms with Gasteiger partial charge in [-0.3, -0.25) is 9.79 Å². The van der Waals surface area contributed by atoms with Gasteiger partial charge in [-0.2, -0.15) is 0 Å². The van der Waals surface area contributed by atoms with Crippen molar-refractivity contribution in [3.05, 3.63) is 0 Å². The lowest BCUT2D eigenvalue weighted by Gasteiger charge is -2.35. The highest BCUT2D eigenvalue weighted by Gasteiger charge is 2.45. The van der Waals surface area contributed by atoms with Gasteiger partial charge in [0.25, 0.3) is 0 Å². The van der Waals surface area contributed by atoms with E-state index in [-0.39, 0.29) is 47.0 Å². The molecule has 7 nitrogen and oxygen atoms in total. The first-order valence-corrected chi connectivity index (χ1v) is 10.2. The Kier molecular flexibility index (Phi) is 7.76. The van der Waals surface area contributed by atoms with Crippen LogP contribution in [0.3, 0.4) is 0 Å². The second kappa shape index (κ2) is 8.68. The SMILES string of the molecule is CN=C(NCC1(CS(C)(=O)=O)CC1)N1CCCC(CC(N)=O)C1.I. The molecule has 1 atom stereocenters. The van der Waals surface area contributed by atoms with E-state index in [9.17, 15) is 13.2 Å². The number of nitrogens with two attached hydrogens (primary N) is 1. The van der Waals surface area contributed by atoms with Crippen LogP contribution in [0.25, 0.3) is 0 Å². The van der Waals surface area contributed by atoms with E-state index in [0.717, 1.165) is 44.7 Å². The number of hydrogen-bond acceptors (Lipinski definition) is 4. The quantitative estimate of drug-likeness (QED) is 0.335. The molecular weight excluding hydrogens is 443 g/mol. The zero-order chi connectivity index (χ0) is 17.1. The van der Waals surface area contributed by atoms with Crippen molar-refractivity contribution in [1.82, 2.24) is 10.2 Å². The standard InChI is InChI=1S/C15H28N4O3S.HI/c1-17-14(18-10-15(5-6-15)11-23(2,21)22)19-7-3-4-12(9-19)8-13(16)20;/h12H,3-11H2,1-2H3,(H2,16,20)(H,17,18);1H. The molecule has 1 aliphatic heterocycles. The fourth-order valence-corrected chi connectivity index (χ4v) is 4.92. The Morgan fingerprint density at radius 1 is 1.42 bits per heavy atom. The molecule has 2 rings (SSSR count). The molecule has 0 bridgehead atoms. The summed E-state index contributed by atoms with van der Waals surface area (Å²) in [5, 5.41) is 3.33. The number of carbonyl (C=O) groups excluding carboxylic acids is 1. The van der Waals surface area contributed by atoms with E-state index in [2.05, 4.69) is 15.2 Å². The van der Waals surface area contributed by atoms with E-state index in [4.69, 9.17) is 5.73 Å². The zero-order valence-corrected chi connectivity index (χ0v) is 17.6. The first-order valence-electron chi connectivity index (χ1n) is 8.15. The third-order valence-corrected chi connectivity index (χ3v) is 5.80. The molecular formula is C15H29IN4O3S. The van der Waals surface area contributed by atoms with Gasteiger partial charge in [0.15, 0.2) is 5.96 Å². The van der Waals surface area contributed by atoms with Gasteiger partial charge < -0.3 is 16.0 Å². The van der Waals surface area contributed by atoms with Gasteiger partial charge in [-0.05, 0) is 31.6 Å². The summed E-state index contributed by atoms with van der Waals surface area (Å²) in [6.07, 6.45) is 5.59. The van der Waals surface area contributed by atoms with E-state index < -0.39 is 9.84 Å². The fourth-order valence-electron chi connectivity index (χ4n) is 3.41. The molecule has 1 saturated carbocycles. The summed E-state index contributed by atoms with van der Waals surface area (Å²) in [7, 11) is -1.23. The largest absolute Gasteiger partial charge is 0.370 e. The minimum absolute atomic E-state index is 0. The summed E-state index contributed by atoms with van der Waals surface area (Å²) in [6.45, 7) is 2.29. The number of guanidine groups is 1. The van der Waals surface area contributed by atoms with Crippen LogP contribution in [0.4, 0.5) is 0 Å². The van der Waals surface area contributed by atoms with Crippen molar-refractivity contribution in [3.8, 4) is 0 Å². The van der Waals surface area contributed by atoms with Crippen LogP contribution in [0.2, 0.25) is 0 Å². The Morgan fingerprint density at radius 3 is 2.58 bits per heavy atom. The van der Waals surface area contributed by atoms with Crippen LogP contribution < -0.4 is 11.1 Å². The number of primary amides is 1. The van der Waals surface area contributed by atoms with Crippen LogP contribution >= 0.6 is 24.0 Å². The highest BCUT2D eigenvalue weighted by molar-refractivity contribution is 14.0. The monoisotopic (exact) mass is 472 g/mol. The van der Waals surface area contributed by atoms with E-state index >= 15 is 0 Å². The van der Waals surface area contributed by atoms with Crippen molar-refractivity contribution in [2.45, 2.75) is 32.1 Å². The highest BCUT2D eigenvalue weighted by atomic mass is 127. The molecule has 1 aliphatic carbocycles. The molecule has 140 valence electrons. The third-order valence-electron chi connectivity index (χ3n) is 4.67. The Balaban J connectivity index is 0.00000288. The van der Waals surface area contributed by atoms with Crippen molar-refractivity contribution >= 4 is 45.7 Å². The van der Waals surface area contributed by atoms with Crippen LogP contribution in [-0.4, -0.2) is 63.9 Å². The van der Waals surface area contributed by atoms with Crippen molar-refractivity contribution < 1.29 is 13.2 Å². The summed E-state index contributed by atoms with van der Waals surface area (Å²) in [5.74, 6) is 1.03. The molecule has 1 unspecified atom stereocenters. The Morgan fingerprint density at radius 2 is 2.08 bits per heavy atom. The molecule has 0 aromatic carbocycles. The summed E-state index contributed by atoms with van der Waals surface area (Å²) in [5.41, 5.74) is 5.17. The number of nitrogens with one attached hydrogen (secondary N) is 1. The average Bonchev–Trinajstić information content (AvgIpc) is 3.16. The number of likely N-dealkylation sites (tertiary alicyclic amines) is 1. The summed E-state index contributed by atoms with van der Waals surface area (Å²) < 4.78 is 23.1. The Hall–Kier alpha value is -0.580. The Labute approximate surface area is 161 Å². The molecule has 0 aromatic rings. The maximum Gasteiger partial charge on any atom is 0.217 e. The lowest BCUT2D eigenvalue weighted by Crippen LogP contribution is -2.48. The van der Waals surface area contributed by atoms with Gasteiger partial charge in [-0.25, -0.2) is 8.42 Å². The number of rotatable bonds is 6. The summed E-state index contributed by atoms with van der Waals surface area (Å²) >= 11 is 0. The number of nitrogens with zero attached hydrogens (tertiary/aromatic N) is 2. The predicted octanol–water partition coefficient (Wildman–Crippen LogP) is 0.592. The first kappa shape index (κ1) is 21.5. The second-order valence-electron chi connectivity index (χ2n) is 7.10. The molecule has 3 N–H and O–H groups in total. The second-order valence-corrected chi connectivity index (χ2v) is 9.24.